The summed E-state index contributed by atoms with van der Waals surface area (Å²) in [6.45, 7) is 0. The predicted molar refractivity (Wildman–Crippen MR) is 56.1 cm³/mol. The monoisotopic (exact) mass is 253 g/mol. The largest absolute Gasteiger partial charge is 0.573 e. The number of benzene rings is 1. The molecule has 1 aromatic carbocycles. The van der Waals surface area contributed by atoms with Crippen molar-refractivity contribution in [1.29, 1.82) is 10.5 Å². The Bertz CT molecular complexity index is 522. The van der Waals surface area contributed by atoms with Crippen molar-refractivity contribution in [2.75, 3.05) is 5.32 Å². The van der Waals surface area contributed by atoms with E-state index in [-0.39, 0.29) is 11.3 Å². The first-order valence-corrected chi connectivity index (χ1v) is 4.58. The van der Waals surface area contributed by atoms with E-state index < -0.39 is 12.1 Å². The van der Waals surface area contributed by atoms with E-state index in [4.69, 9.17) is 10.5 Å². The van der Waals surface area contributed by atoms with Gasteiger partial charge in [-0.2, -0.15) is 10.5 Å². The lowest BCUT2D eigenvalue weighted by Gasteiger charge is -2.12. The van der Waals surface area contributed by atoms with Gasteiger partial charge in [0.25, 0.3) is 0 Å². The Labute approximate surface area is 101 Å². The zero-order chi connectivity index (χ0) is 13.6. The number of hydrogen-bond acceptors (Lipinski definition) is 4. The number of halogens is 3. The van der Waals surface area contributed by atoms with Crippen LogP contribution in [-0.2, 0) is 0 Å². The van der Waals surface area contributed by atoms with Crippen molar-refractivity contribution in [2.24, 2.45) is 0 Å². The van der Waals surface area contributed by atoms with Crippen LogP contribution in [0.5, 0.6) is 5.75 Å². The van der Waals surface area contributed by atoms with Crippen molar-refractivity contribution >= 4 is 5.69 Å². The number of rotatable bonds is 3. The van der Waals surface area contributed by atoms with Crippen molar-refractivity contribution in [3.63, 3.8) is 0 Å². The fourth-order valence-corrected chi connectivity index (χ4v) is 1.04. The fraction of sp³-hybridized carbons (Fsp3) is 0.0909. The fourth-order valence-electron chi connectivity index (χ4n) is 1.04. The first-order chi connectivity index (χ1) is 8.46. The highest BCUT2D eigenvalue weighted by molar-refractivity contribution is 5.59. The Morgan fingerprint density at radius 1 is 1.22 bits per heavy atom. The van der Waals surface area contributed by atoms with Crippen LogP contribution in [0.3, 0.4) is 0 Å². The van der Waals surface area contributed by atoms with E-state index in [1.807, 2.05) is 0 Å². The Balaban J connectivity index is 2.94. The molecule has 4 nitrogen and oxygen atoms in total. The van der Waals surface area contributed by atoms with Gasteiger partial charge in [0, 0.05) is 6.20 Å². The van der Waals surface area contributed by atoms with Crippen LogP contribution in [-0.4, -0.2) is 6.36 Å². The van der Waals surface area contributed by atoms with Gasteiger partial charge < -0.3 is 10.1 Å². The molecule has 0 saturated heterocycles. The Kier molecular flexibility index (Phi) is 4.16. The van der Waals surface area contributed by atoms with Gasteiger partial charge in [-0.15, -0.1) is 13.2 Å². The minimum atomic E-state index is -4.81. The summed E-state index contributed by atoms with van der Waals surface area (Å²) >= 11 is 0. The number of nitrogens with one attached hydrogen (secondary N) is 1. The van der Waals surface area contributed by atoms with Gasteiger partial charge in [-0.3, -0.25) is 0 Å². The maximum Gasteiger partial charge on any atom is 0.573 e. The molecule has 1 aromatic rings. The third kappa shape index (κ3) is 4.06. The van der Waals surface area contributed by atoms with Crippen LogP contribution in [0.4, 0.5) is 18.9 Å². The number of nitrogens with zero attached hydrogens (tertiary/aromatic N) is 2. The maximum absolute atomic E-state index is 12.1. The van der Waals surface area contributed by atoms with E-state index in [9.17, 15) is 13.2 Å². The van der Waals surface area contributed by atoms with E-state index in [0.29, 0.717) is 0 Å². The molecule has 0 bridgehead atoms. The summed E-state index contributed by atoms with van der Waals surface area (Å²) in [5.74, 6) is -0.448. The van der Waals surface area contributed by atoms with Crippen molar-refractivity contribution in [3.8, 4) is 17.9 Å². The SMILES string of the molecule is N#CC(C#N)=CNc1ccccc1OC(F)(F)F. The molecule has 92 valence electrons. The minimum absolute atomic E-state index is 0.00201. The van der Waals surface area contributed by atoms with Gasteiger partial charge in [-0.25, -0.2) is 0 Å². The van der Waals surface area contributed by atoms with Gasteiger partial charge >= 0.3 is 6.36 Å². The number of ether oxygens (including phenoxy) is 1. The molecule has 0 amide bonds. The number of alkyl halides is 3. The molecule has 0 aromatic heterocycles. The minimum Gasteiger partial charge on any atom is -0.404 e. The lowest BCUT2D eigenvalue weighted by Crippen LogP contribution is -2.17. The third-order valence-corrected chi connectivity index (χ3v) is 1.73. The van der Waals surface area contributed by atoms with Crippen molar-refractivity contribution in [2.45, 2.75) is 6.36 Å². The Morgan fingerprint density at radius 3 is 2.39 bits per heavy atom. The van der Waals surface area contributed by atoms with Gasteiger partial charge in [-0.05, 0) is 12.1 Å². The second-order valence-corrected chi connectivity index (χ2v) is 2.97. The molecular weight excluding hydrogens is 247 g/mol. The molecule has 0 atom stereocenters. The normalized spacial score (nSPS) is 9.83. The lowest BCUT2D eigenvalue weighted by atomic mass is 10.3. The van der Waals surface area contributed by atoms with Crippen LogP contribution in [0.25, 0.3) is 0 Å². The predicted octanol–water partition coefficient (Wildman–Crippen LogP) is 2.93. The molecule has 0 aliphatic carbocycles. The van der Waals surface area contributed by atoms with Crippen LogP contribution >= 0.6 is 0 Å². The molecule has 7 heteroatoms. The van der Waals surface area contributed by atoms with Gasteiger partial charge in [0.15, 0.2) is 5.75 Å². The number of hydrogen-bond donors (Lipinski definition) is 1. The van der Waals surface area contributed by atoms with E-state index in [1.165, 1.54) is 18.2 Å². The first kappa shape index (κ1) is 13.4. The summed E-state index contributed by atoms with van der Waals surface area (Å²) in [6.07, 6.45) is -3.81. The van der Waals surface area contributed by atoms with E-state index in [1.54, 1.807) is 12.1 Å². The molecule has 0 spiro atoms. The second-order valence-electron chi connectivity index (χ2n) is 2.97. The second kappa shape index (κ2) is 5.60. The Morgan fingerprint density at radius 2 is 1.83 bits per heavy atom. The number of para-hydroxylation sites is 2. The van der Waals surface area contributed by atoms with Crippen LogP contribution in [0.15, 0.2) is 36.0 Å². The zero-order valence-electron chi connectivity index (χ0n) is 8.82. The molecule has 0 heterocycles. The average Bonchev–Trinajstić information content (AvgIpc) is 2.30. The molecule has 0 aliphatic heterocycles. The highest BCUT2D eigenvalue weighted by atomic mass is 19.4. The maximum atomic E-state index is 12.1. The average molecular weight is 253 g/mol. The highest BCUT2D eigenvalue weighted by Gasteiger charge is 2.31. The smallest absolute Gasteiger partial charge is 0.404 e. The molecule has 0 aliphatic rings. The summed E-state index contributed by atoms with van der Waals surface area (Å²) in [6, 6.07) is 8.42. The molecular formula is C11H6F3N3O. The summed E-state index contributed by atoms with van der Waals surface area (Å²) < 4.78 is 40.0. The highest BCUT2D eigenvalue weighted by Crippen LogP contribution is 2.29. The number of nitriles is 2. The van der Waals surface area contributed by atoms with Crippen LogP contribution in [0.2, 0.25) is 0 Å². The quantitative estimate of drug-likeness (QED) is 0.841. The first-order valence-electron chi connectivity index (χ1n) is 4.58. The molecule has 0 unspecified atom stereocenters. The third-order valence-electron chi connectivity index (χ3n) is 1.73. The van der Waals surface area contributed by atoms with Crippen molar-refractivity contribution in [3.05, 3.63) is 36.0 Å². The van der Waals surface area contributed by atoms with Gasteiger partial charge in [0.2, 0.25) is 0 Å². The standard InChI is InChI=1S/C11H6F3N3O/c12-11(13,14)18-10-4-2-1-3-9(10)17-7-8(5-15)6-16/h1-4,7,17H. The molecule has 1 rings (SSSR count). The number of allylic oxidation sites excluding steroid dienone is 1. The van der Waals surface area contributed by atoms with Crippen LogP contribution < -0.4 is 10.1 Å². The summed E-state index contributed by atoms with van der Waals surface area (Å²) in [7, 11) is 0. The van der Waals surface area contributed by atoms with E-state index in [0.717, 1.165) is 12.3 Å². The van der Waals surface area contributed by atoms with Gasteiger partial charge in [0.05, 0.1) is 5.69 Å². The molecule has 18 heavy (non-hydrogen) atoms. The van der Waals surface area contributed by atoms with Crippen LogP contribution in [0, 0.1) is 22.7 Å². The molecule has 0 radical (unpaired) electrons. The number of anilines is 1. The van der Waals surface area contributed by atoms with Gasteiger partial charge in [-0.1, -0.05) is 12.1 Å². The summed E-state index contributed by atoms with van der Waals surface area (Å²) in [4.78, 5) is 0. The van der Waals surface area contributed by atoms with Crippen LogP contribution in [0.1, 0.15) is 0 Å². The Hall–Kier alpha value is -2.67. The topological polar surface area (TPSA) is 68.8 Å². The molecule has 1 N–H and O–H groups in total. The van der Waals surface area contributed by atoms with Crippen molar-refractivity contribution < 1.29 is 17.9 Å². The summed E-state index contributed by atoms with van der Waals surface area (Å²) in [5.41, 5.74) is -0.269. The van der Waals surface area contributed by atoms with E-state index in [2.05, 4.69) is 10.1 Å². The summed E-state index contributed by atoms with van der Waals surface area (Å²) in [5, 5.41) is 19.3. The zero-order valence-corrected chi connectivity index (χ0v) is 8.82. The molecule has 0 fully saturated rings. The van der Waals surface area contributed by atoms with Gasteiger partial charge in [0.1, 0.15) is 17.7 Å². The van der Waals surface area contributed by atoms with Crippen molar-refractivity contribution in [1.82, 2.24) is 0 Å². The molecule has 0 saturated carbocycles. The lowest BCUT2D eigenvalue weighted by molar-refractivity contribution is -0.274. The van der Waals surface area contributed by atoms with E-state index >= 15 is 0 Å².